The number of rotatable bonds is 10. The predicted octanol–water partition coefficient (Wildman–Crippen LogP) is 3.61. The van der Waals surface area contributed by atoms with Crippen molar-refractivity contribution in [1.29, 1.82) is 0 Å². The molecule has 10 nitrogen and oxygen atoms in total. The maximum Gasteiger partial charge on any atom is 0.255 e. The summed E-state index contributed by atoms with van der Waals surface area (Å²) in [6.45, 7) is 0.547. The summed E-state index contributed by atoms with van der Waals surface area (Å²) in [7, 11) is 7.25. The zero-order valence-electron chi connectivity index (χ0n) is 22.3. The standard InChI is InChI=1S/C28H32N6O4.ClH/c1-33(2)17-25(35)29-21-9-13-23(14-10-21)31-27(37)19-5-7-20(8-6-19)28(38)32-24-15-11-22(12-16-24)30-26(36)18-34(3)4;/h5-16H,17-18H2,1-4H3,(H,29,35)(H,30,36)(H,31,37)(H,32,38);1H. The molecule has 0 unspecified atom stereocenters. The van der Waals surface area contributed by atoms with Gasteiger partial charge in [-0.05, 0) is 101 Å². The minimum Gasteiger partial charge on any atom is -0.325 e. The monoisotopic (exact) mass is 552 g/mol. The van der Waals surface area contributed by atoms with Crippen molar-refractivity contribution in [3.8, 4) is 0 Å². The van der Waals surface area contributed by atoms with Gasteiger partial charge in [-0.1, -0.05) is 0 Å². The molecule has 206 valence electrons. The van der Waals surface area contributed by atoms with Gasteiger partial charge in [0, 0.05) is 33.9 Å². The van der Waals surface area contributed by atoms with Gasteiger partial charge < -0.3 is 31.1 Å². The summed E-state index contributed by atoms with van der Waals surface area (Å²) < 4.78 is 0. The number of benzene rings is 3. The quantitative estimate of drug-likeness (QED) is 0.305. The minimum atomic E-state index is -0.326. The van der Waals surface area contributed by atoms with Crippen molar-refractivity contribution in [2.75, 3.05) is 62.5 Å². The highest BCUT2D eigenvalue weighted by Gasteiger charge is 2.11. The van der Waals surface area contributed by atoms with Crippen molar-refractivity contribution >= 4 is 58.8 Å². The smallest absolute Gasteiger partial charge is 0.255 e. The lowest BCUT2D eigenvalue weighted by Gasteiger charge is -2.11. The van der Waals surface area contributed by atoms with Gasteiger partial charge in [0.2, 0.25) is 11.8 Å². The number of hydrogen-bond donors (Lipinski definition) is 4. The van der Waals surface area contributed by atoms with E-state index in [2.05, 4.69) is 21.3 Å². The minimum absolute atomic E-state index is 0. The second-order valence-corrected chi connectivity index (χ2v) is 9.21. The number of carbonyl (C=O) groups excluding carboxylic acids is 4. The van der Waals surface area contributed by atoms with Crippen molar-refractivity contribution in [3.63, 3.8) is 0 Å². The molecule has 4 N–H and O–H groups in total. The topological polar surface area (TPSA) is 123 Å². The van der Waals surface area contributed by atoms with E-state index < -0.39 is 0 Å². The van der Waals surface area contributed by atoms with Crippen molar-refractivity contribution < 1.29 is 19.2 Å². The summed E-state index contributed by atoms with van der Waals surface area (Å²) in [5, 5.41) is 11.2. The molecular weight excluding hydrogens is 520 g/mol. The first kappa shape index (κ1) is 31.0. The molecule has 0 aliphatic heterocycles. The van der Waals surface area contributed by atoms with Crippen LogP contribution < -0.4 is 21.3 Å². The Kier molecular flexibility index (Phi) is 11.6. The number of halogens is 1. The molecule has 3 aromatic carbocycles. The van der Waals surface area contributed by atoms with Crippen LogP contribution in [0.3, 0.4) is 0 Å². The Morgan fingerprint density at radius 2 is 0.744 bits per heavy atom. The highest BCUT2D eigenvalue weighted by molar-refractivity contribution is 6.07. The molecule has 3 aromatic rings. The van der Waals surface area contributed by atoms with Gasteiger partial charge in [0.1, 0.15) is 0 Å². The second-order valence-electron chi connectivity index (χ2n) is 9.21. The third kappa shape index (κ3) is 10.2. The lowest BCUT2D eigenvalue weighted by molar-refractivity contribution is -0.117. The number of carbonyl (C=O) groups is 4. The normalized spacial score (nSPS) is 10.4. The van der Waals surface area contributed by atoms with Crippen molar-refractivity contribution in [3.05, 3.63) is 83.9 Å². The van der Waals surface area contributed by atoms with Crippen LogP contribution in [-0.4, -0.2) is 74.7 Å². The summed E-state index contributed by atoms with van der Waals surface area (Å²) in [4.78, 5) is 52.5. The highest BCUT2D eigenvalue weighted by atomic mass is 35.5. The Morgan fingerprint density at radius 1 is 0.487 bits per heavy atom. The maximum atomic E-state index is 12.6. The molecule has 0 bridgehead atoms. The van der Waals surface area contributed by atoms with Crippen LogP contribution in [0, 0.1) is 0 Å². The molecule has 0 fully saturated rings. The number of likely N-dealkylation sites (N-methyl/N-ethyl adjacent to an activating group) is 2. The number of hydrogen-bond acceptors (Lipinski definition) is 6. The molecule has 0 saturated heterocycles. The van der Waals surface area contributed by atoms with Gasteiger partial charge >= 0.3 is 0 Å². The molecular formula is C28H33ClN6O4. The van der Waals surface area contributed by atoms with Crippen molar-refractivity contribution in [2.45, 2.75) is 0 Å². The molecule has 39 heavy (non-hydrogen) atoms. The first-order valence-electron chi connectivity index (χ1n) is 11.9. The summed E-state index contributed by atoms with van der Waals surface area (Å²) >= 11 is 0. The third-order valence-electron chi connectivity index (χ3n) is 5.18. The molecule has 3 rings (SSSR count). The molecule has 0 aromatic heterocycles. The molecule has 0 aliphatic rings. The Labute approximate surface area is 234 Å². The van der Waals surface area contributed by atoms with Crippen LogP contribution in [-0.2, 0) is 9.59 Å². The first-order chi connectivity index (χ1) is 18.1. The summed E-state index contributed by atoms with van der Waals surface area (Å²) in [6.07, 6.45) is 0. The zero-order chi connectivity index (χ0) is 27.7. The fourth-order valence-electron chi connectivity index (χ4n) is 3.43. The van der Waals surface area contributed by atoms with Crippen LogP contribution in [0.15, 0.2) is 72.8 Å². The van der Waals surface area contributed by atoms with E-state index in [1.165, 1.54) is 0 Å². The van der Waals surface area contributed by atoms with Gasteiger partial charge in [0.25, 0.3) is 11.8 Å². The van der Waals surface area contributed by atoms with Crippen LogP contribution in [0.1, 0.15) is 20.7 Å². The zero-order valence-corrected chi connectivity index (χ0v) is 23.1. The number of nitrogens with zero attached hydrogens (tertiary/aromatic N) is 2. The van der Waals surface area contributed by atoms with Crippen LogP contribution in [0.2, 0.25) is 0 Å². The molecule has 4 amide bonds. The van der Waals surface area contributed by atoms with Gasteiger partial charge in [-0.2, -0.15) is 0 Å². The van der Waals surface area contributed by atoms with E-state index in [1.807, 2.05) is 28.2 Å². The largest absolute Gasteiger partial charge is 0.325 e. The average Bonchev–Trinajstić information content (AvgIpc) is 2.85. The van der Waals surface area contributed by atoms with E-state index in [9.17, 15) is 19.2 Å². The molecule has 0 saturated carbocycles. The number of nitrogens with one attached hydrogen (secondary N) is 4. The third-order valence-corrected chi connectivity index (χ3v) is 5.18. The summed E-state index contributed by atoms with van der Waals surface area (Å²) in [5.74, 6) is -0.907. The van der Waals surface area contributed by atoms with E-state index in [0.717, 1.165) is 0 Å². The van der Waals surface area contributed by atoms with Gasteiger partial charge in [-0.25, -0.2) is 0 Å². The SMILES string of the molecule is CN(C)CC(=O)Nc1ccc(NC(=O)c2ccc(C(=O)Nc3ccc(NC(=O)CN(C)C)cc3)cc2)cc1.Cl. The Bertz CT molecular complexity index is 1180. The highest BCUT2D eigenvalue weighted by Crippen LogP contribution is 2.17. The van der Waals surface area contributed by atoms with Gasteiger partial charge in [0.15, 0.2) is 0 Å². The predicted molar refractivity (Wildman–Crippen MR) is 157 cm³/mol. The molecule has 0 heterocycles. The fraction of sp³-hybridized carbons (Fsp3) is 0.214. The first-order valence-corrected chi connectivity index (χ1v) is 11.9. The second kappa shape index (κ2) is 14.6. The van der Waals surface area contributed by atoms with Gasteiger partial charge in [-0.3, -0.25) is 19.2 Å². The van der Waals surface area contributed by atoms with E-state index in [-0.39, 0.29) is 49.1 Å². The van der Waals surface area contributed by atoms with Crippen molar-refractivity contribution in [2.24, 2.45) is 0 Å². The van der Waals surface area contributed by atoms with Crippen LogP contribution in [0.4, 0.5) is 22.7 Å². The molecule has 0 spiro atoms. The molecule has 11 heteroatoms. The average molecular weight is 553 g/mol. The molecule has 0 radical (unpaired) electrons. The van der Waals surface area contributed by atoms with Gasteiger partial charge in [0.05, 0.1) is 13.1 Å². The van der Waals surface area contributed by atoms with Crippen LogP contribution in [0.25, 0.3) is 0 Å². The fourth-order valence-corrected chi connectivity index (χ4v) is 3.43. The summed E-state index contributed by atoms with van der Waals surface area (Å²) in [6, 6.07) is 19.9. The lowest BCUT2D eigenvalue weighted by Crippen LogP contribution is -2.27. The van der Waals surface area contributed by atoms with E-state index in [4.69, 9.17) is 0 Å². The van der Waals surface area contributed by atoms with E-state index in [1.54, 1.807) is 82.6 Å². The van der Waals surface area contributed by atoms with Crippen LogP contribution in [0.5, 0.6) is 0 Å². The number of amides is 4. The maximum absolute atomic E-state index is 12.6. The Hall–Kier alpha value is -4.25. The van der Waals surface area contributed by atoms with E-state index in [0.29, 0.717) is 33.9 Å². The summed E-state index contributed by atoms with van der Waals surface area (Å²) in [5.41, 5.74) is 3.20. The lowest BCUT2D eigenvalue weighted by atomic mass is 10.1. The van der Waals surface area contributed by atoms with E-state index >= 15 is 0 Å². The van der Waals surface area contributed by atoms with Crippen LogP contribution >= 0.6 is 12.4 Å². The van der Waals surface area contributed by atoms with Crippen molar-refractivity contribution in [1.82, 2.24) is 9.80 Å². The molecule has 0 aliphatic carbocycles. The Balaban J connectivity index is 0.00000533. The Morgan fingerprint density at radius 3 is 1.00 bits per heavy atom. The number of anilines is 4. The van der Waals surface area contributed by atoms with Gasteiger partial charge in [-0.15, -0.1) is 12.4 Å². The molecule has 0 atom stereocenters.